The van der Waals surface area contributed by atoms with Gasteiger partial charge in [-0.25, -0.2) is 4.98 Å². The molecule has 1 aromatic heterocycles. The summed E-state index contributed by atoms with van der Waals surface area (Å²) in [5, 5.41) is 4.31. The van der Waals surface area contributed by atoms with Crippen LogP contribution in [0.5, 0.6) is 0 Å². The second-order valence-electron chi connectivity index (χ2n) is 6.22. The number of rotatable bonds is 5. The van der Waals surface area contributed by atoms with Crippen LogP contribution < -0.4 is 5.32 Å². The number of fused-ring (bicyclic) bond motifs is 2. The van der Waals surface area contributed by atoms with Gasteiger partial charge < -0.3 is 5.32 Å². The van der Waals surface area contributed by atoms with E-state index in [0.717, 1.165) is 24.7 Å². The Labute approximate surface area is 126 Å². The van der Waals surface area contributed by atoms with E-state index < -0.39 is 0 Å². The molecule has 4 heteroatoms. The minimum Gasteiger partial charge on any atom is -0.311 e. The molecule has 0 aromatic carbocycles. The summed E-state index contributed by atoms with van der Waals surface area (Å²) in [7, 11) is 0. The smallest absolute Gasteiger partial charge is 0.129 e. The highest BCUT2D eigenvalue weighted by Crippen LogP contribution is 2.30. The van der Waals surface area contributed by atoms with Gasteiger partial charge in [-0.3, -0.25) is 4.90 Å². The maximum absolute atomic E-state index is 5.87. The molecule has 2 unspecified atom stereocenters. The van der Waals surface area contributed by atoms with Crippen molar-refractivity contribution in [2.45, 2.75) is 63.7 Å². The van der Waals surface area contributed by atoms with Crippen LogP contribution in [0, 0.1) is 0 Å². The number of halogens is 1. The van der Waals surface area contributed by atoms with Crippen LogP contribution in [0.1, 0.15) is 44.6 Å². The first kappa shape index (κ1) is 14.3. The van der Waals surface area contributed by atoms with Gasteiger partial charge in [0.05, 0.1) is 0 Å². The van der Waals surface area contributed by atoms with E-state index in [1.807, 2.05) is 12.3 Å². The maximum Gasteiger partial charge on any atom is 0.129 e. The Morgan fingerprint density at radius 2 is 2.05 bits per heavy atom. The molecule has 1 N–H and O–H groups in total. The first-order valence-corrected chi connectivity index (χ1v) is 8.23. The standard InChI is InChI=1S/C16H24ClN3/c1-2-7-20(11-12-3-6-16(17)18-10-12)15-8-13-4-5-14(9-15)19-13/h3,6,10,13-15,19H,2,4-5,7-9,11H2,1H3. The lowest BCUT2D eigenvalue weighted by molar-refractivity contribution is 0.134. The SMILES string of the molecule is CCCN(Cc1ccc(Cl)nc1)C1CC2CCC(C1)N2. The van der Waals surface area contributed by atoms with Gasteiger partial charge >= 0.3 is 0 Å². The number of hydrogen-bond donors (Lipinski definition) is 1. The predicted molar refractivity (Wildman–Crippen MR) is 82.9 cm³/mol. The van der Waals surface area contributed by atoms with Crippen LogP contribution in [0.15, 0.2) is 18.3 Å². The van der Waals surface area contributed by atoms with Crippen molar-refractivity contribution in [2.24, 2.45) is 0 Å². The van der Waals surface area contributed by atoms with E-state index in [1.54, 1.807) is 0 Å². The third-order valence-corrected chi connectivity index (χ3v) is 4.87. The fourth-order valence-electron chi connectivity index (χ4n) is 3.74. The zero-order valence-electron chi connectivity index (χ0n) is 12.2. The van der Waals surface area contributed by atoms with Crippen molar-refractivity contribution in [3.8, 4) is 0 Å². The molecular weight excluding hydrogens is 270 g/mol. The quantitative estimate of drug-likeness (QED) is 0.845. The predicted octanol–water partition coefficient (Wildman–Crippen LogP) is 3.23. The third kappa shape index (κ3) is 3.33. The third-order valence-electron chi connectivity index (χ3n) is 4.65. The first-order chi connectivity index (χ1) is 9.74. The number of piperidine rings is 1. The van der Waals surface area contributed by atoms with Crippen molar-refractivity contribution in [1.82, 2.24) is 15.2 Å². The van der Waals surface area contributed by atoms with Crippen LogP contribution in [0.3, 0.4) is 0 Å². The lowest BCUT2D eigenvalue weighted by atomic mass is 9.97. The molecule has 0 radical (unpaired) electrons. The molecule has 2 saturated heterocycles. The van der Waals surface area contributed by atoms with Crippen molar-refractivity contribution in [3.05, 3.63) is 29.0 Å². The van der Waals surface area contributed by atoms with E-state index in [-0.39, 0.29) is 0 Å². The van der Waals surface area contributed by atoms with Gasteiger partial charge in [-0.2, -0.15) is 0 Å². The monoisotopic (exact) mass is 293 g/mol. The van der Waals surface area contributed by atoms with Crippen molar-refractivity contribution in [1.29, 1.82) is 0 Å². The molecule has 2 atom stereocenters. The molecule has 3 heterocycles. The average molecular weight is 294 g/mol. The number of nitrogens with zero attached hydrogens (tertiary/aromatic N) is 2. The van der Waals surface area contributed by atoms with Crippen LogP contribution >= 0.6 is 11.6 Å². The molecule has 110 valence electrons. The fourth-order valence-corrected chi connectivity index (χ4v) is 3.85. The topological polar surface area (TPSA) is 28.2 Å². The number of pyridine rings is 1. The summed E-state index contributed by atoms with van der Waals surface area (Å²) in [5.74, 6) is 0. The fraction of sp³-hybridized carbons (Fsp3) is 0.688. The van der Waals surface area contributed by atoms with E-state index in [2.05, 4.69) is 28.2 Å². The number of aromatic nitrogens is 1. The van der Waals surface area contributed by atoms with Crippen molar-refractivity contribution < 1.29 is 0 Å². The van der Waals surface area contributed by atoms with Crippen molar-refractivity contribution >= 4 is 11.6 Å². The van der Waals surface area contributed by atoms with Gasteiger partial charge in [0.1, 0.15) is 5.15 Å². The van der Waals surface area contributed by atoms with Crippen LogP contribution in [0.25, 0.3) is 0 Å². The normalized spacial score (nSPS) is 29.1. The number of hydrogen-bond acceptors (Lipinski definition) is 3. The van der Waals surface area contributed by atoms with Gasteiger partial charge in [-0.05, 0) is 50.3 Å². The molecule has 20 heavy (non-hydrogen) atoms. The van der Waals surface area contributed by atoms with Crippen LogP contribution in [0.2, 0.25) is 5.15 Å². The van der Waals surface area contributed by atoms with E-state index in [9.17, 15) is 0 Å². The highest BCUT2D eigenvalue weighted by Gasteiger charge is 2.35. The Balaban J connectivity index is 1.67. The summed E-state index contributed by atoms with van der Waals surface area (Å²) in [6, 6.07) is 6.23. The molecule has 2 bridgehead atoms. The second-order valence-corrected chi connectivity index (χ2v) is 6.61. The van der Waals surface area contributed by atoms with Crippen LogP contribution in [-0.2, 0) is 6.54 Å². The molecule has 3 rings (SSSR count). The molecule has 0 saturated carbocycles. The van der Waals surface area contributed by atoms with Crippen LogP contribution in [0.4, 0.5) is 0 Å². The molecule has 2 aliphatic rings. The van der Waals surface area contributed by atoms with Gasteiger partial charge in [0, 0.05) is 30.9 Å². The zero-order valence-corrected chi connectivity index (χ0v) is 12.9. The van der Waals surface area contributed by atoms with E-state index in [4.69, 9.17) is 11.6 Å². The van der Waals surface area contributed by atoms with Gasteiger partial charge in [-0.1, -0.05) is 24.6 Å². The van der Waals surface area contributed by atoms with Crippen molar-refractivity contribution in [2.75, 3.05) is 6.54 Å². The van der Waals surface area contributed by atoms with Gasteiger partial charge in [0.2, 0.25) is 0 Å². The minimum absolute atomic E-state index is 0.579. The van der Waals surface area contributed by atoms with Crippen LogP contribution in [-0.4, -0.2) is 34.6 Å². The molecule has 1 aromatic rings. The highest BCUT2D eigenvalue weighted by molar-refractivity contribution is 6.29. The molecule has 0 aliphatic carbocycles. The van der Waals surface area contributed by atoms with Gasteiger partial charge in [-0.15, -0.1) is 0 Å². The maximum atomic E-state index is 5.87. The van der Waals surface area contributed by atoms with E-state index in [0.29, 0.717) is 5.15 Å². The summed E-state index contributed by atoms with van der Waals surface area (Å²) < 4.78 is 0. The summed E-state index contributed by atoms with van der Waals surface area (Å²) in [6.07, 6.45) is 8.46. The Morgan fingerprint density at radius 3 is 2.65 bits per heavy atom. The Morgan fingerprint density at radius 1 is 1.30 bits per heavy atom. The summed E-state index contributed by atoms with van der Waals surface area (Å²) in [6.45, 7) is 4.44. The minimum atomic E-state index is 0.579. The zero-order chi connectivity index (χ0) is 13.9. The molecule has 2 aliphatic heterocycles. The second kappa shape index (κ2) is 6.42. The van der Waals surface area contributed by atoms with Gasteiger partial charge in [0.15, 0.2) is 0 Å². The molecule has 0 spiro atoms. The Kier molecular flexibility index (Phi) is 4.59. The summed E-state index contributed by atoms with van der Waals surface area (Å²) in [5.41, 5.74) is 1.27. The molecular formula is C16H24ClN3. The van der Waals surface area contributed by atoms with E-state index in [1.165, 1.54) is 44.2 Å². The average Bonchev–Trinajstić information content (AvgIpc) is 2.79. The lowest BCUT2D eigenvalue weighted by Crippen LogP contribution is -2.48. The summed E-state index contributed by atoms with van der Waals surface area (Å²) in [4.78, 5) is 6.86. The summed E-state index contributed by atoms with van der Waals surface area (Å²) >= 11 is 5.87. The van der Waals surface area contributed by atoms with E-state index >= 15 is 0 Å². The first-order valence-electron chi connectivity index (χ1n) is 7.85. The molecule has 0 amide bonds. The Hall–Kier alpha value is -0.640. The molecule has 3 nitrogen and oxygen atoms in total. The van der Waals surface area contributed by atoms with Gasteiger partial charge in [0.25, 0.3) is 0 Å². The lowest BCUT2D eigenvalue weighted by Gasteiger charge is -2.37. The Bertz CT molecular complexity index is 422. The molecule has 2 fully saturated rings. The highest BCUT2D eigenvalue weighted by atomic mass is 35.5. The largest absolute Gasteiger partial charge is 0.311 e. The van der Waals surface area contributed by atoms with Crippen molar-refractivity contribution in [3.63, 3.8) is 0 Å². The number of nitrogens with one attached hydrogen (secondary N) is 1.